The number of methoxy groups -OCH3 is 2. The average Bonchev–Trinajstić information content (AvgIpc) is 3.21. The highest BCUT2D eigenvalue weighted by Crippen LogP contribution is 2.28. The molecule has 1 aromatic carbocycles. The molecule has 166 valence electrons. The van der Waals surface area contributed by atoms with Crippen molar-refractivity contribution in [3.05, 3.63) is 86.6 Å². The minimum Gasteiger partial charge on any atom is -0.493 e. The number of nitrogens with zero attached hydrogens (tertiary/aromatic N) is 3. The fraction of sp³-hybridized carbons (Fsp3) is 0.320. The molecular formula is C25H27N3O4. The molecule has 0 bridgehead atoms. The Labute approximate surface area is 187 Å². The first-order valence-electron chi connectivity index (χ1n) is 10.6. The SMILES string of the molecule is COc1ccc(CCn2ccc(C)c(C(=O)N3Cc4cnc(C)cc4C3)c2=O)cc1OC. The van der Waals surface area contributed by atoms with Crippen LogP contribution in [0.15, 0.2) is 47.5 Å². The zero-order valence-corrected chi connectivity index (χ0v) is 18.8. The first kappa shape index (κ1) is 21.6. The highest BCUT2D eigenvalue weighted by Gasteiger charge is 2.27. The summed E-state index contributed by atoms with van der Waals surface area (Å²) in [5.41, 5.74) is 4.72. The van der Waals surface area contributed by atoms with Crippen molar-refractivity contribution in [2.45, 2.75) is 39.9 Å². The maximum atomic E-state index is 13.3. The lowest BCUT2D eigenvalue weighted by molar-refractivity contribution is 0.0748. The molecule has 0 unspecified atom stereocenters. The number of ether oxygens (including phenoxy) is 2. The van der Waals surface area contributed by atoms with Gasteiger partial charge in [-0.1, -0.05) is 6.07 Å². The third-order valence-electron chi connectivity index (χ3n) is 5.91. The Morgan fingerprint density at radius 1 is 1.03 bits per heavy atom. The molecule has 0 saturated carbocycles. The number of carbonyl (C=O) groups is 1. The topological polar surface area (TPSA) is 73.7 Å². The van der Waals surface area contributed by atoms with E-state index in [4.69, 9.17) is 9.47 Å². The van der Waals surface area contributed by atoms with Gasteiger partial charge in [0.15, 0.2) is 11.5 Å². The molecule has 0 aliphatic carbocycles. The molecule has 0 radical (unpaired) electrons. The van der Waals surface area contributed by atoms with Crippen LogP contribution in [0.1, 0.15) is 38.3 Å². The van der Waals surface area contributed by atoms with E-state index in [9.17, 15) is 9.59 Å². The van der Waals surface area contributed by atoms with Gasteiger partial charge in [0.1, 0.15) is 5.56 Å². The molecule has 7 heteroatoms. The van der Waals surface area contributed by atoms with Crippen LogP contribution in [0.25, 0.3) is 0 Å². The van der Waals surface area contributed by atoms with Gasteiger partial charge in [0.2, 0.25) is 0 Å². The lowest BCUT2D eigenvalue weighted by Gasteiger charge is -2.17. The number of fused-ring (bicyclic) bond motifs is 1. The average molecular weight is 434 g/mol. The number of hydrogen-bond acceptors (Lipinski definition) is 5. The van der Waals surface area contributed by atoms with Crippen LogP contribution in [0, 0.1) is 13.8 Å². The van der Waals surface area contributed by atoms with Gasteiger partial charge in [0, 0.05) is 37.7 Å². The van der Waals surface area contributed by atoms with E-state index in [0.29, 0.717) is 43.1 Å². The van der Waals surface area contributed by atoms with E-state index in [1.54, 1.807) is 29.9 Å². The number of pyridine rings is 2. The Kier molecular flexibility index (Phi) is 5.99. The summed E-state index contributed by atoms with van der Waals surface area (Å²) in [5, 5.41) is 0. The Bertz CT molecular complexity index is 1230. The second kappa shape index (κ2) is 8.86. The summed E-state index contributed by atoms with van der Waals surface area (Å²) in [5.74, 6) is 1.07. The smallest absolute Gasteiger partial charge is 0.263 e. The van der Waals surface area contributed by atoms with Crippen LogP contribution < -0.4 is 15.0 Å². The maximum absolute atomic E-state index is 13.3. The minimum absolute atomic E-state index is 0.234. The van der Waals surface area contributed by atoms with Crippen molar-refractivity contribution in [3.8, 4) is 11.5 Å². The third kappa shape index (κ3) is 4.10. The molecule has 3 heterocycles. The van der Waals surface area contributed by atoms with E-state index in [-0.39, 0.29) is 17.0 Å². The van der Waals surface area contributed by atoms with E-state index < -0.39 is 0 Å². The van der Waals surface area contributed by atoms with Crippen molar-refractivity contribution < 1.29 is 14.3 Å². The first-order valence-corrected chi connectivity index (χ1v) is 10.6. The molecule has 4 rings (SSSR count). The van der Waals surface area contributed by atoms with Gasteiger partial charge in [-0.2, -0.15) is 0 Å². The zero-order chi connectivity index (χ0) is 22.8. The predicted molar refractivity (Wildman–Crippen MR) is 121 cm³/mol. The fourth-order valence-electron chi connectivity index (χ4n) is 4.09. The van der Waals surface area contributed by atoms with Crippen LogP contribution in [-0.4, -0.2) is 34.6 Å². The van der Waals surface area contributed by atoms with E-state index in [1.807, 2.05) is 50.4 Å². The van der Waals surface area contributed by atoms with Crippen molar-refractivity contribution in [1.29, 1.82) is 0 Å². The van der Waals surface area contributed by atoms with Crippen LogP contribution in [0.3, 0.4) is 0 Å². The van der Waals surface area contributed by atoms with E-state index in [0.717, 1.165) is 22.4 Å². The second-order valence-corrected chi connectivity index (χ2v) is 8.07. The molecular weight excluding hydrogens is 406 g/mol. The second-order valence-electron chi connectivity index (χ2n) is 8.07. The van der Waals surface area contributed by atoms with Crippen LogP contribution in [-0.2, 0) is 26.1 Å². The Balaban J connectivity index is 1.54. The van der Waals surface area contributed by atoms with Gasteiger partial charge >= 0.3 is 0 Å². The molecule has 1 aliphatic rings. The molecule has 2 aromatic heterocycles. The highest BCUT2D eigenvalue weighted by atomic mass is 16.5. The largest absolute Gasteiger partial charge is 0.493 e. The first-order chi connectivity index (χ1) is 15.4. The predicted octanol–water partition coefficient (Wildman–Crippen LogP) is 3.28. The molecule has 32 heavy (non-hydrogen) atoms. The summed E-state index contributed by atoms with van der Waals surface area (Å²) >= 11 is 0. The molecule has 1 aliphatic heterocycles. The summed E-state index contributed by atoms with van der Waals surface area (Å²) < 4.78 is 12.2. The van der Waals surface area contributed by atoms with Gasteiger partial charge in [-0.25, -0.2) is 0 Å². The van der Waals surface area contributed by atoms with Gasteiger partial charge < -0.3 is 18.9 Å². The van der Waals surface area contributed by atoms with Gasteiger partial charge in [0.05, 0.1) is 14.2 Å². The molecule has 3 aromatic rings. The monoisotopic (exact) mass is 433 g/mol. The third-order valence-corrected chi connectivity index (χ3v) is 5.91. The Hall–Kier alpha value is -3.61. The molecule has 7 nitrogen and oxygen atoms in total. The number of amides is 1. The van der Waals surface area contributed by atoms with Gasteiger partial charge in [-0.3, -0.25) is 14.6 Å². The van der Waals surface area contributed by atoms with E-state index >= 15 is 0 Å². The van der Waals surface area contributed by atoms with Crippen molar-refractivity contribution in [1.82, 2.24) is 14.5 Å². The van der Waals surface area contributed by atoms with Crippen LogP contribution in [0.4, 0.5) is 0 Å². The number of aromatic nitrogens is 2. The Morgan fingerprint density at radius 2 is 1.78 bits per heavy atom. The Morgan fingerprint density at radius 3 is 2.53 bits per heavy atom. The lowest BCUT2D eigenvalue weighted by Crippen LogP contribution is -2.35. The highest BCUT2D eigenvalue weighted by molar-refractivity contribution is 5.95. The van der Waals surface area contributed by atoms with Crippen molar-refractivity contribution in [2.24, 2.45) is 0 Å². The summed E-state index contributed by atoms with van der Waals surface area (Å²) in [6.07, 6.45) is 4.19. The number of rotatable bonds is 6. The minimum atomic E-state index is -0.263. The summed E-state index contributed by atoms with van der Waals surface area (Å²) in [6, 6.07) is 9.54. The molecule has 0 fully saturated rings. The zero-order valence-electron chi connectivity index (χ0n) is 18.8. The number of aryl methyl sites for hydroxylation is 4. The quantitative estimate of drug-likeness (QED) is 0.597. The standard InChI is InChI=1S/C25H27N3O4/c1-16-7-9-27(10-8-18-5-6-21(31-3)22(12-18)32-4)24(29)23(16)25(30)28-14-19-11-17(2)26-13-20(19)15-28/h5-7,9,11-13H,8,10,14-15H2,1-4H3. The molecule has 0 N–H and O–H groups in total. The molecule has 0 saturated heterocycles. The molecule has 1 amide bonds. The van der Waals surface area contributed by atoms with Gasteiger partial charge in [0.25, 0.3) is 11.5 Å². The maximum Gasteiger partial charge on any atom is 0.263 e. The van der Waals surface area contributed by atoms with E-state index in [2.05, 4.69) is 4.98 Å². The van der Waals surface area contributed by atoms with Crippen LogP contribution >= 0.6 is 0 Å². The van der Waals surface area contributed by atoms with Crippen molar-refractivity contribution >= 4 is 5.91 Å². The number of benzene rings is 1. The molecule has 0 spiro atoms. The van der Waals surface area contributed by atoms with Gasteiger partial charge in [-0.05, 0) is 66.8 Å². The normalized spacial score (nSPS) is 12.6. The number of hydrogen-bond donors (Lipinski definition) is 0. The van der Waals surface area contributed by atoms with Crippen molar-refractivity contribution in [2.75, 3.05) is 14.2 Å². The summed E-state index contributed by atoms with van der Waals surface area (Å²) in [4.78, 5) is 32.5. The summed E-state index contributed by atoms with van der Waals surface area (Å²) in [7, 11) is 3.19. The van der Waals surface area contributed by atoms with Crippen LogP contribution in [0.5, 0.6) is 11.5 Å². The van der Waals surface area contributed by atoms with Gasteiger partial charge in [-0.15, -0.1) is 0 Å². The number of carbonyl (C=O) groups excluding carboxylic acids is 1. The fourth-order valence-corrected chi connectivity index (χ4v) is 4.09. The van der Waals surface area contributed by atoms with E-state index in [1.165, 1.54) is 0 Å². The van der Waals surface area contributed by atoms with Crippen LogP contribution in [0.2, 0.25) is 0 Å². The molecule has 0 atom stereocenters. The summed E-state index contributed by atoms with van der Waals surface area (Å²) in [6.45, 7) is 5.17. The lowest BCUT2D eigenvalue weighted by atomic mass is 10.1. The van der Waals surface area contributed by atoms with Crippen molar-refractivity contribution in [3.63, 3.8) is 0 Å².